The number of aliphatic hydroxyl groups is 3. The highest BCUT2D eigenvalue weighted by Crippen LogP contribution is 2.74. The summed E-state index contributed by atoms with van der Waals surface area (Å²) in [6.45, 7) is 12.8. The fourth-order valence-corrected chi connectivity index (χ4v) is 10.2. The molecule has 0 amide bonds. The molecule has 11 atom stereocenters. The van der Waals surface area contributed by atoms with Gasteiger partial charge in [-0.25, -0.2) is 4.79 Å². The topological polar surface area (TPSA) is 186 Å². The molecular weight excluding hydrogens is 600 g/mol. The van der Waals surface area contributed by atoms with Gasteiger partial charge in [0.15, 0.2) is 17.9 Å². The summed E-state index contributed by atoms with van der Waals surface area (Å²) < 4.78 is 24.4. The SMILES string of the molecule is CC1=CC(=O)[C@@H](OC(O)CCCC(=O)O)[C@]2(C)C3[C@]45CO[C@]3(O)C[C@H](C)C4C(OC(=O)CC(O)(C(C)C)C(C)C)C(=O)O[C@@H]5C[C@@H]12. The smallest absolute Gasteiger partial charge is 0.348 e. The molecule has 5 aliphatic rings. The van der Waals surface area contributed by atoms with E-state index in [0.717, 1.165) is 5.57 Å². The van der Waals surface area contributed by atoms with E-state index in [-0.39, 0.29) is 62.2 Å². The fraction of sp³-hybridized carbons (Fsp3) is 0.824. The number of carbonyl (C=O) groups excluding carboxylic acids is 3. The molecule has 2 saturated carbocycles. The minimum atomic E-state index is -1.73. The third-order valence-corrected chi connectivity index (χ3v) is 12.2. The number of carboxylic acid groups (broad SMARTS) is 1. The van der Waals surface area contributed by atoms with E-state index in [1.807, 2.05) is 48.5 Å². The van der Waals surface area contributed by atoms with Crippen LogP contribution in [0.1, 0.15) is 87.0 Å². The van der Waals surface area contributed by atoms with Gasteiger partial charge in [0.05, 0.1) is 18.6 Å². The van der Waals surface area contributed by atoms with Crippen molar-refractivity contribution in [3.05, 3.63) is 11.6 Å². The Morgan fingerprint density at radius 2 is 1.83 bits per heavy atom. The molecule has 4 fully saturated rings. The molecule has 0 aromatic carbocycles. The van der Waals surface area contributed by atoms with E-state index in [2.05, 4.69) is 0 Å². The van der Waals surface area contributed by atoms with Crippen molar-refractivity contribution >= 4 is 23.7 Å². The van der Waals surface area contributed by atoms with Gasteiger partial charge in [-0.2, -0.15) is 0 Å². The van der Waals surface area contributed by atoms with Crippen LogP contribution in [0.5, 0.6) is 0 Å². The largest absolute Gasteiger partial charge is 0.481 e. The second kappa shape index (κ2) is 11.9. The molecule has 4 unspecified atom stereocenters. The van der Waals surface area contributed by atoms with Crippen LogP contribution in [-0.4, -0.2) is 86.7 Å². The van der Waals surface area contributed by atoms with Crippen LogP contribution in [0.4, 0.5) is 0 Å². The minimum absolute atomic E-state index is 0.00682. The van der Waals surface area contributed by atoms with Crippen LogP contribution in [0.3, 0.4) is 0 Å². The first kappa shape index (κ1) is 34.9. The van der Waals surface area contributed by atoms with E-state index in [4.69, 9.17) is 24.1 Å². The number of esters is 2. The number of hydrogen-bond donors (Lipinski definition) is 4. The molecule has 1 spiro atoms. The molecule has 5 rings (SSSR count). The van der Waals surface area contributed by atoms with Crippen molar-refractivity contribution in [1.82, 2.24) is 0 Å². The summed E-state index contributed by atoms with van der Waals surface area (Å²) in [6, 6.07) is 0. The van der Waals surface area contributed by atoms with Gasteiger partial charge in [0.2, 0.25) is 6.10 Å². The summed E-state index contributed by atoms with van der Waals surface area (Å²) in [4.78, 5) is 51.9. The Hall–Kier alpha value is -2.38. The number of carbonyl (C=O) groups is 4. The number of carboxylic acids is 1. The van der Waals surface area contributed by atoms with E-state index in [1.165, 1.54) is 6.08 Å². The highest BCUT2D eigenvalue weighted by atomic mass is 16.6. The number of aliphatic hydroxyl groups excluding tert-OH is 1. The zero-order chi connectivity index (χ0) is 34.1. The van der Waals surface area contributed by atoms with Crippen molar-refractivity contribution in [3.63, 3.8) is 0 Å². The molecule has 4 N–H and O–H groups in total. The predicted molar refractivity (Wildman–Crippen MR) is 160 cm³/mol. The van der Waals surface area contributed by atoms with E-state index < -0.39 is 82.5 Å². The van der Waals surface area contributed by atoms with Gasteiger partial charge in [-0.05, 0) is 55.9 Å². The minimum Gasteiger partial charge on any atom is -0.481 e. The second-order valence-electron chi connectivity index (χ2n) is 15.4. The summed E-state index contributed by atoms with van der Waals surface area (Å²) in [7, 11) is 0. The van der Waals surface area contributed by atoms with Gasteiger partial charge in [-0.15, -0.1) is 0 Å². The standard InChI is InChI=1S/C34H50O12/c1-16(2)33(41,17(3)4)14-25(39)45-27-26-19(6)13-34(42)30-31(7)20(12-22(44-29(27)40)32(26,30)15-43-34)18(5)11-21(35)28(31)46-24(38)10-8-9-23(36)37/h11,16-17,19-20,22,24,26-28,30,38,41-42H,8-10,12-15H2,1-7H3,(H,36,37)/t19-,20-,22+,24?,26?,27?,28+,30?,31+,32-,34+/m0/s1. The van der Waals surface area contributed by atoms with Gasteiger partial charge in [0.1, 0.15) is 12.2 Å². The average molecular weight is 651 g/mol. The Kier molecular flexibility index (Phi) is 9.07. The molecule has 0 aromatic rings. The number of allylic oxidation sites excluding steroid dienone is 1. The van der Waals surface area contributed by atoms with E-state index in [1.54, 1.807) is 0 Å². The summed E-state index contributed by atoms with van der Waals surface area (Å²) >= 11 is 0. The maximum atomic E-state index is 13.7. The lowest BCUT2D eigenvalue weighted by Gasteiger charge is -2.67. The Morgan fingerprint density at radius 1 is 1.17 bits per heavy atom. The van der Waals surface area contributed by atoms with Crippen LogP contribution >= 0.6 is 0 Å². The summed E-state index contributed by atoms with van der Waals surface area (Å²) in [5, 5.41) is 43.4. The predicted octanol–water partition coefficient (Wildman–Crippen LogP) is 2.75. The second-order valence-corrected chi connectivity index (χ2v) is 15.4. The lowest BCUT2D eigenvalue weighted by molar-refractivity contribution is -0.316. The summed E-state index contributed by atoms with van der Waals surface area (Å²) in [5.74, 6) is -7.29. The van der Waals surface area contributed by atoms with Crippen LogP contribution < -0.4 is 0 Å². The maximum absolute atomic E-state index is 13.7. The van der Waals surface area contributed by atoms with Crippen LogP contribution in [0.15, 0.2) is 11.6 Å². The first-order chi connectivity index (χ1) is 21.3. The first-order valence-corrected chi connectivity index (χ1v) is 16.6. The quantitative estimate of drug-likeness (QED) is 0.190. The molecule has 2 bridgehead atoms. The van der Waals surface area contributed by atoms with Crippen LogP contribution in [-0.2, 0) is 38.1 Å². The molecule has 12 nitrogen and oxygen atoms in total. The van der Waals surface area contributed by atoms with E-state index in [0.29, 0.717) is 6.42 Å². The molecule has 12 heteroatoms. The van der Waals surface area contributed by atoms with Crippen molar-refractivity contribution in [2.24, 2.45) is 46.3 Å². The third kappa shape index (κ3) is 5.23. The van der Waals surface area contributed by atoms with Crippen molar-refractivity contribution in [2.75, 3.05) is 6.61 Å². The molecule has 0 aromatic heterocycles. The van der Waals surface area contributed by atoms with Crippen LogP contribution in [0.2, 0.25) is 0 Å². The number of ether oxygens (including phenoxy) is 4. The van der Waals surface area contributed by atoms with Crippen molar-refractivity contribution < 1.29 is 58.6 Å². The zero-order valence-corrected chi connectivity index (χ0v) is 27.9. The average Bonchev–Trinajstić information content (AvgIpc) is 3.18. The lowest BCUT2D eigenvalue weighted by atomic mass is 9.38. The van der Waals surface area contributed by atoms with Crippen molar-refractivity contribution in [3.8, 4) is 0 Å². The number of ketones is 1. The molecule has 0 radical (unpaired) electrons. The Labute approximate surface area is 269 Å². The molecule has 2 heterocycles. The monoisotopic (exact) mass is 650 g/mol. The van der Waals surface area contributed by atoms with Gasteiger partial charge < -0.3 is 39.4 Å². The lowest BCUT2D eigenvalue weighted by Crippen LogP contribution is -2.75. The number of rotatable bonds is 11. The number of fused-ring (bicyclic) bond motifs is 1. The number of aliphatic carboxylic acids is 1. The molecular formula is C34H50O12. The van der Waals surface area contributed by atoms with Crippen molar-refractivity contribution in [1.29, 1.82) is 0 Å². The van der Waals surface area contributed by atoms with Gasteiger partial charge in [-0.1, -0.05) is 47.1 Å². The third-order valence-electron chi connectivity index (χ3n) is 12.2. The molecule has 2 saturated heterocycles. The summed E-state index contributed by atoms with van der Waals surface area (Å²) in [5.41, 5.74) is -2.83. The van der Waals surface area contributed by atoms with E-state index in [9.17, 15) is 34.5 Å². The first-order valence-electron chi connectivity index (χ1n) is 16.6. The maximum Gasteiger partial charge on any atom is 0.348 e. The van der Waals surface area contributed by atoms with Crippen LogP contribution in [0.25, 0.3) is 0 Å². The molecule has 2 aliphatic heterocycles. The highest BCUT2D eigenvalue weighted by molar-refractivity contribution is 5.96. The molecule has 3 aliphatic carbocycles. The Bertz CT molecular complexity index is 1280. The van der Waals surface area contributed by atoms with Gasteiger partial charge in [0.25, 0.3) is 0 Å². The normalized spacial score (nSPS) is 40.6. The Balaban J connectivity index is 1.53. The molecule has 46 heavy (non-hydrogen) atoms. The summed E-state index contributed by atoms with van der Waals surface area (Å²) in [6.07, 6.45) is -3.19. The van der Waals surface area contributed by atoms with E-state index >= 15 is 0 Å². The van der Waals surface area contributed by atoms with Crippen LogP contribution in [0, 0.1) is 46.3 Å². The van der Waals surface area contributed by atoms with Gasteiger partial charge in [-0.3, -0.25) is 14.4 Å². The Morgan fingerprint density at radius 3 is 2.43 bits per heavy atom. The zero-order valence-electron chi connectivity index (χ0n) is 27.9. The van der Waals surface area contributed by atoms with Gasteiger partial charge >= 0.3 is 17.9 Å². The van der Waals surface area contributed by atoms with Gasteiger partial charge in [0, 0.05) is 35.5 Å². The van der Waals surface area contributed by atoms with Crippen molar-refractivity contribution in [2.45, 2.75) is 123 Å². The highest BCUT2D eigenvalue weighted by Gasteiger charge is 2.81. The molecule has 258 valence electrons. The fourth-order valence-electron chi connectivity index (χ4n) is 10.2. The number of hydrogen-bond acceptors (Lipinski definition) is 11.